The highest BCUT2D eigenvalue weighted by atomic mass is 16.2. The number of benzene rings is 1. The van der Waals surface area contributed by atoms with Crippen molar-refractivity contribution in [2.24, 2.45) is 5.92 Å². The summed E-state index contributed by atoms with van der Waals surface area (Å²) in [4.78, 5) is 21.5. The average molecular weight is 405 g/mol. The molecule has 5 rings (SSSR count). The molecule has 1 saturated carbocycles. The Bertz CT molecular complexity index is 872. The predicted molar refractivity (Wildman–Crippen MR) is 120 cm³/mol. The highest BCUT2D eigenvalue weighted by molar-refractivity contribution is 5.75. The van der Waals surface area contributed by atoms with Crippen LogP contribution >= 0.6 is 0 Å². The van der Waals surface area contributed by atoms with Crippen molar-refractivity contribution in [1.82, 2.24) is 15.2 Å². The molecular weight excluding hydrogens is 372 g/mol. The molecule has 1 aliphatic carbocycles. The molecule has 1 spiro atoms. The van der Waals surface area contributed by atoms with Gasteiger partial charge in [0.2, 0.25) is 0 Å². The molecule has 30 heavy (non-hydrogen) atoms. The van der Waals surface area contributed by atoms with Crippen molar-refractivity contribution >= 4 is 11.7 Å². The van der Waals surface area contributed by atoms with E-state index in [2.05, 4.69) is 51.6 Å². The van der Waals surface area contributed by atoms with Crippen LogP contribution in [0.4, 0.5) is 10.5 Å². The number of pyridine rings is 1. The lowest BCUT2D eigenvalue weighted by Crippen LogP contribution is -2.54. The smallest absolute Gasteiger partial charge is 0.317 e. The van der Waals surface area contributed by atoms with Crippen LogP contribution in [0.5, 0.6) is 0 Å². The van der Waals surface area contributed by atoms with Crippen molar-refractivity contribution in [1.29, 1.82) is 0 Å². The number of carbonyl (C=O) groups is 1. The van der Waals surface area contributed by atoms with Crippen molar-refractivity contribution in [3.05, 3.63) is 59.9 Å². The molecule has 3 aliphatic rings. The van der Waals surface area contributed by atoms with Gasteiger partial charge in [0, 0.05) is 56.2 Å². The van der Waals surface area contributed by atoms with E-state index in [9.17, 15) is 4.79 Å². The van der Waals surface area contributed by atoms with Crippen LogP contribution in [0.3, 0.4) is 0 Å². The topological polar surface area (TPSA) is 48.5 Å². The predicted octanol–water partition coefficient (Wildman–Crippen LogP) is 4.34. The van der Waals surface area contributed by atoms with Gasteiger partial charge in [0.1, 0.15) is 0 Å². The van der Waals surface area contributed by atoms with Gasteiger partial charge in [-0.2, -0.15) is 0 Å². The fourth-order valence-electron chi connectivity index (χ4n) is 5.59. The zero-order valence-corrected chi connectivity index (χ0v) is 17.7. The van der Waals surface area contributed by atoms with E-state index in [1.54, 1.807) is 0 Å². The number of urea groups is 1. The lowest BCUT2D eigenvalue weighted by Gasteiger charge is -2.50. The highest BCUT2D eigenvalue weighted by Gasteiger charge is 2.45. The number of piperidine rings is 1. The first-order valence-electron chi connectivity index (χ1n) is 11.5. The fraction of sp³-hybridized carbons (Fsp3) is 0.520. The molecule has 2 fully saturated rings. The largest absolute Gasteiger partial charge is 0.371 e. The van der Waals surface area contributed by atoms with Gasteiger partial charge in [-0.15, -0.1) is 0 Å². The summed E-state index contributed by atoms with van der Waals surface area (Å²) in [6.45, 7) is 4.58. The van der Waals surface area contributed by atoms with Crippen LogP contribution in [0.25, 0.3) is 0 Å². The molecule has 2 aromatic rings. The van der Waals surface area contributed by atoms with Crippen LogP contribution in [-0.2, 0) is 12.0 Å². The van der Waals surface area contributed by atoms with Gasteiger partial charge < -0.3 is 15.1 Å². The number of amides is 2. The third-order valence-corrected chi connectivity index (χ3v) is 7.51. The number of fused-ring (bicyclic) bond motifs is 2. The van der Waals surface area contributed by atoms with Gasteiger partial charge in [-0.25, -0.2) is 4.79 Å². The number of nitrogens with zero attached hydrogens (tertiary/aromatic N) is 3. The summed E-state index contributed by atoms with van der Waals surface area (Å²) in [6, 6.07) is 13.0. The Morgan fingerprint density at radius 1 is 1.10 bits per heavy atom. The van der Waals surface area contributed by atoms with Gasteiger partial charge in [0.25, 0.3) is 0 Å². The third kappa shape index (κ3) is 3.78. The molecule has 5 nitrogen and oxygen atoms in total. The van der Waals surface area contributed by atoms with Gasteiger partial charge in [0.15, 0.2) is 0 Å². The monoisotopic (exact) mass is 404 g/mol. The van der Waals surface area contributed by atoms with Crippen molar-refractivity contribution in [2.75, 3.05) is 31.1 Å². The molecule has 0 unspecified atom stereocenters. The van der Waals surface area contributed by atoms with Crippen LogP contribution in [-0.4, -0.2) is 42.1 Å². The molecule has 1 aromatic heterocycles. The molecule has 2 amide bonds. The first-order chi connectivity index (χ1) is 14.7. The van der Waals surface area contributed by atoms with Gasteiger partial charge >= 0.3 is 6.03 Å². The molecule has 0 atom stereocenters. The maximum absolute atomic E-state index is 12.9. The molecule has 2 aliphatic heterocycles. The average Bonchev–Trinajstić information content (AvgIpc) is 2.78. The van der Waals surface area contributed by atoms with Crippen LogP contribution in [0.2, 0.25) is 0 Å². The first kappa shape index (κ1) is 19.4. The van der Waals surface area contributed by atoms with E-state index in [1.807, 2.05) is 17.3 Å². The molecule has 0 bridgehead atoms. The SMILES string of the molecule is O=C(NCCC1CCN(c2ccncc2)CC1)N1Cc2ccccc2C2(CCC2)C1. The molecule has 1 N–H and O–H groups in total. The Morgan fingerprint density at radius 3 is 2.60 bits per heavy atom. The quantitative estimate of drug-likeness (QED) is 0.825. The number of anilines is 1. The summed E-state index contributed by atoms with van der Waals surface area (Å²) >= 11 is 0. The molecule has 3 heterocycles. The third-order valence-electron chi connectivity index (χ3n) is 7.51. The van der Waals surface area contributed by atoms with Crippen molar-refractivity contribution in [3.63, 3.8) is 0 Å². The van der Waals surface area contributed by atoms with E-state index in [4.69, 9.17) is 0 Å². The maximum Gasteiger partial charge on any atom is 0.317 e. The summed E-state index contributed by atoms with van der Waals surface area (Å²) in [5.41, 5.74) is 4.31. The molecule has 1 saturated heterocycles. The number of aromatic nitrogens is 1. The van der Waals surface area contributed by atoms with Crippen molar-refractivity contribution in [2.45, 2.75) is 50.5 Å². The summed E-state index contributed by atoms with van der Waals surface area (Å²) in [5, 5.41) is 3.22. The second kappa shape index (κ2) is 8.29. The lowest BCUT2D eigenvalue weighted by molar-refractivity contribution is 0.124. The Labute approximate surface area is 179 Å². The standard InChI is InChI=1S/C25H32N4O/c30-24(29-18-21-4-1-2-5-23(21)25(19-29)11-3-12-25)27-15-6-20-9-16-28(17-10-20)22-7-13-26-14-8-22/h1-2,4-5,7-8,13-14,20H,3,6,9-12,15-19H2,(H,27,30). The molecule has 1 aromatic carbocycles. The Morgan fingerprint density at radius 2 is 1.87 bits per heavy atom. The number of hydrogen-bond donors (Lipinski definition) is 1. The van der Waals surface area contributed by atoms with Gasteiger partial charge in [0.05, 0.1) is 0 Å². The zero-order valence-electron chi connectivity index (χ0n) is 17.7. The minimum absolute atomic E-state index is 0.116. The highest BCUT2D eigenvalue weighted by Crippen LogP contribution is 2.48. The van der Waals surface area contributed by atoms with Crippen molar-refractivity contribution in [3.8, 4) is 0 Å². The second-order valence-corrected chi connectivity index (χ2v) is 9.30. The van der Waals surface area contributed by atoms with Gasteiger partial charge in [-0.3, -0.25) is 4.98 Å². The van der Waals surface area contributed by atoms with E-state index in [1.165, 1.54) is 48.9 Å². The van der Waals surface area contributed by atoms with E-state index < -0.39 is 0 Å². The summed E-state index contributed by atoms with van der Waals surface area (Å²) < 4.78 is 0. The lowest BCUT2D eigenvalue weighted by atomic mass is 9.61. The van der Waals surface area contributed by atoms with Crippen LogP contribution in [0.15, 0.2) is 48.8 Å². The van der Waals surface area contributed by atoms with Gasteiger partial charge in [-0.05, 0) is 61.3 Å². The minimum Gasteiger partial charge on any atom is -0.371 e. The van der Waals surface area contributed by atoms with E-state index in [-0.39, 0.29) is 11.4 Å². The van der Waals surface area contributed by atoms with E-state index in [0.717, 1.165) is 39.1 Å². The van der Waals surface area contributed by atoms with Crippen LogP contribution in [0, 0.1) is 5.92 Å². The summed E-state index contributed by atoms with van der Waals surface area (Å²) in [6.07, 6.45) is 10.9. The Kier molecular flexibility index (Phi) is 5.36. The minimum atomic E-state index is 0.116. The van der Waals surface area contributed by atoms with Gasteiger partial charge in [-0.1, -0.05) is 30.7 Å². The fourth-order valence-corrected chi connectivity index (χ4v) is 5.59. The Hall–Kier alpha value is -2.56. The Balaban J connectivity index is 1.10. The van der Waals surface area contributed by atoms with Crippen molar-refractivity contribution < 1.29 is 4.79 Å². The number of nitrogens with one attached hydrogen (secondary N) is 1. The summed E-state index contributed by atoms with van der Waals surface area (Å²) in [7, 11) is 0. The second-order valence-electron chi connectivity index (χ2n) is 9.30. The number of rotatable bonds is 4. The number of hydrogen-bond acceptors (Lipinski definition) is 3. The van der Waals surface area contributed by atoms with Crippen LogP contribution in [0.1, 0.15) is 49.7 Å². The molecule has 158 valence electrons. The summed E-state index contributed by atoms with van der Waals surface area (Å²) in [5.74, 6) is 0.698. The molecule has 0 radical (unpaired) electrons. The van der Waals surface area contributed by atoms with E-state index >= 15 is 0 Å². The van der Waals surface area contributed by atoms with E-state index in [0.29, 0.717) is 5.92 Å². The maximum atomic E-state index is 12.9. The number of carbonyl (C=O) groups excluding carboxylic acids is 1. The molecular formula is C25H32N4O. The molecule has 5 heteroatoms. The normalized spacial score (nSPS) is 20.5. The zero-order chi connectivity index (χ0) is 20.4. The first-order valence-corrected chi connectivity index (χ1v) is 11.5. The van der Waals surface area contributed by atoms with Crippen LogP contribution < -0.4 is 10.2 Å².